The zero-order chi connectivity index (χ0) is 49.2. The number of likely N-dealkylation sites (tertiary alicyclic amines) is 1. The smallest absolute Gasteiger partial charge is 0.329 e. The number of anilines is 1. The van der Waals surface area contributed by atoms with Gasteiger partial charge in [0.25, 0.3) is 0 Å². The maximum absolute atomic E-state index is 13.5. The van der Waals surface area contributed by atoms with E-state index in [-0.39, 0.29) is 49.4 Å². The number of pyridine rings is 2. The summed E-state index contributed by atoms with van der Waals surface area (Å²) in [6, 6.07) is 22.1. The number of allylic oxidation sites excluding steroid dienone is 3. The normalized spacial score (nSPS) is 21.2. The zero-order valence-corrected chi connectivity index (χ0v) is 41.2. The van der Waals surface area contributed by atoms with Gasteiger partial charge in [-0.1, -0.05) is 47.6 Å². The third-order valence-electron chi connectivity index (χ3n) is 16.0. The lowest BCUT2D eigenvalue weighted by molar-refractivity contribution is -0.135. The number of ketones is 1. The van der Waals surface area contributed by atoms with Crippen LogP contribution in [0.4, 0.5) is 5.82 Å². The van der Waals surface area contributed by atoms with E-state index in [0.717, 1.165) is 130 Å². The van der Waals surface area contributed by atoms with Crippen molar-refractivity contribution in [3.8, 4) is 11.1 Å². The lowest BCUT2D eigenvalue weighted by Crippen LogP contribution is -2.44. The number of piperidine rings is 2. The Morgan fingerprint density at radius 2 is 1.69 bits per heavy atom. The average Bonchev–Trinajstić information content (AvgIpc) is 3.85. The van der Waals surface area contributed by atoms with E-state index in [4.69, 9.17) is 10.7 Å². The molecule has 2 saturated heterocycles. The highest BCUT2D eigenvalue weighted by Crippen LogP contribution is 2.38. The second-order valence-electron chi connectivity index (χ2n) is 20.5. The number of hydrogen-bond acceptors (Lipinski definition) is 10. The number of carbonyl (C=O) groups is 3. The summed E-state index contributed by atoms with van der Waals surface area (Å²) in [5, 5.41) is 13.3. The largest absolute Gasteiger partial charge is 0.395 e. The van der Waals surface area contributed by atoms with Crippen LogP contribution in [-0.4, -0.2) is 89.0 Å². The number of fused-ring (bicyclic) bond motifs is 2. The molecule has 2 amide bonds. The number of rotatable bonds is 13. The maximum atomic E-state index is 13.5. The molecule has 7 heterocycles. The number of nitrogen functional groups attached to an aromatic ring is 1. The van der Waals surface area contributed by atoms with Crippen molar-refractivity contribution < 1.29 is 19.5 Å². The van der Waals surface area contributed by atoms with Gasteiger partial charge < -0.3 is 15.4 Å². The molecule has 370 valence electrons. The number of aliphatic hydroxyl groups excluding tert-OH is 1. The fourth-order valence-electron chi connectivity index (χ4n) is 12.0. The molecule has 1 saturated carbocycles. The topological polar surface area (TPSA) is 174 Å². The minimum absolute atomic E-state index is 0.117. The van der Waals surface area contributed by atoms with Gasteiger partial charge in [0.2, 0.25) is 11.8 Å². The molecule has 6 aromatic rings. The molecule has 3 aliphatic heterocycles. The van der Waals surface area contributed by atoms with Gasteiger partial charge in [0.05, 0.1) is 24.2 Å². The standard InChI is InChI=1S/C57H67N9O5/c1-37(50-34-47-46(21-24-59-55(47)62(50)2)45-16-19-53(58)60-35-45)64-27-22-43(23-28-64)42-12-14-44(15-13-42)52(68)33-40-9-7-39(8-10-40)31-38-5-3-25-63(26-4-6-38)36-41-11-17-48-51(32-41)65(29-30-67)57(71)66(48)49-18-20-54(69)61-56(49)70/h5,11-17,19,21,24,32-35,37,39,43,49,67H,3-4,6-10,18,20,22-23,25-31,36H2,1-2H3,(H2,58,60)(H,61,69,70)/b38-5-,40-33?/t37-,39?,49?/m0/s1. The van der Waals surface area contributed by atoms with Crippen molar-refractivity contribution in [3.63, 3.8) is 0 Å². The molecule has 0 bridgehead atoms. The molecular weight excluding hydrogens is 891 g/mol. The van der Waals surface area contributed by atoms with Crippen molar-refractivity contribution in [1.82, 2.24) is 38.8 Å². The molecule has 2 atom stereocenters. The number of benzene rings is 2. The van der Waals surface area contributed by atoms with Crippen LogP contribution in [0.5, 0.6) is 0 Å². The van der Waals surface area contributed by atoms with Gasteiger partial charge in [-0.3, -0.25) is 38.6 Å². The van der Waals surface area contributed by atoms with E-state index in [1.807, 2.05) is 60.9 Å². The van der Waals surface area contributed by atoms with Gasteiger partial charge >= 0.3 is 5.69 Å². The highest BCUT2D eigenvalue weighted by molar-refractivity contribution is 6.05. The minimum atomic E-state index is -0.760. The van der Waals surface area contributed by atoms with Crippen LogP contribution in [0.25, 0.3) is 33.2 Å². The highest BCUT2D eigenvalue weighted by Gasteiger charge is 2.32. The van der Waals surface area contributed by atoms with Crippen molar-refractivity contribution >= 4 is 45.5 Å². The van der Waals surface area contributed by atoms with E-state index in [1.54, 1.807) is 10.1 Å². The number of carbonyl (C=O) groups excluding carboxylic acids is 3. The summed E-state index contributed by atoms with van der Waals surface area (Å²) in [4.78, 5) is 65.7. The Hall–Kier alpha value is -6.48. The van der Waals surface area contributed by atoms with E-state index < -0.39 is 11.9 Å². The van der Waals surface area contributed by atoms with Crippen molar-refractivity contribution in [2.75, 3.05) is 38.5 Å². The lowest BCUT2D eigenvalue weighted by atomic mass is 9.80. The molecule has 4 aliphatic rings. The molecule has 4 aromatic heterocycles. The number of hydrogen-bond donors (Lipinski definition) is 3. The van der Waals surface area contributed by atoms with E-state index in [1.165, 1.54) is 21.4 Å². The minimum Gasteiger partial charge on any atom is -0.395 e. The quantitative estimate of drug-likeness (QED) is 0.0441. The third kappa shape index (κ3) is 10.3. The molecular formula is C57H67N9O5. The number of aliphatic hydroxyl groups is 1. The fourth-order valence-corrected chi connectivity index (χ4v) is 12.0. The van der Waals surface area contributed by atoms with Gasteiger partial charge in [-0.25, -0.2) is 14.8 Å². The number of aryl methyl sites for hydroxylation is 1. The van der Waals surface area contributed by atoms with E-state index in [0.29, 0.717) is 28.7 Å². The first kappa shape index (κ1) is 48.2. The van der Waals surface area contributed by atoms with Gasteiger partial charge in [0.15, 0.2) is 5.78 Å². The summed E-state index contributed by atoms with van der Waals surface area (Å²) in [6.45, 7) is 6.91. The van der Waals surface area contributed by atoms with Crippen LogP contribution in [0.2, 0.25) is 0 Å². The van der Waals surface area contributed by atoms with Gasteiger partial charge in [-0.2, -0.15) is 0 Å². The molecule has 1 unspecified atom stereocenters. The predicted octanol–water partition coefficient (Wildman–Crippen LogP) is 8.55. The molecule has 0 radical (unpaired) electrons. The van der Waals surface area contributed by atoms with Crippen LogP contribution in [0, 0.1) is 5.92 Å². The molecule has 2 aromatic carbocycles. The van der Waals surface area contributed by atoms with Gasteiger partial charge in [-0.15, -0.1) is 0 Å². The van der Waals surface area contributed by atoms with Crippen molar-refractivity contribution in [1.29, 1.82) is 0 Å². The summed E-state index contributed by atoms with van der Waals surface area (Å²) < 4.78 is 5.26. The fraction of sp³-hybridized carbons (Fsp3) is 0.439. The number of imide groups is 1. The van der Waals surface area contributed by atoms with E-state index in [9.17, 15) is 24.3 Å². The first-order valence-electron chi connectivity index (χ1n) is 25.8. The summed E-state index contributed by atoms with van der Waals surface area (Å²) in [7, 11) is 2.11. The van der Waals surface area contributed by atoms with Crippen LogP contribution in [0.15, 0.2) is 107 Å². The molecule has 0 spiro atoms. The van der Waals surface area contributed by atoms with Crippen molar-refractivity contribution in [3.05, 3.63) is 135 Å². The number of amides is 2. The lowest BCUT2D eigenvalue weighted by Gasteiger charge is -2.36. The molecule has 4 N–H and O–H groups in total. The van der Waals surface area contributed by atoms with Crippen molar-refractivity contribution in [2.24, 2.45) is 13.0 Å². The Kier molecular flexibility index (Phi) is 14.3. The monoisotopic (exact) mass is 958 g/mol. The number of nitrogens with one attached hydrogen (secondary N) is 1. The van der Waals surface area contributed by atoms with E-state index in [2.05, 4.69) is 69.0 Å². The maximum Gasteiger partial charge on any atom is 0.329 e. The van der Waals surface area contributed by atoms with Crippen LogP contribution in [0.3, 0.4) is 0 Å². The van der Waals surface area contributed by atoms with Crippen LogP contribution in [0.1, 0.15) is 129 Å². The van der Waals surface area contributed by atoms with Gasteiger partial charge in [0, 0.05) is 67.2 Å². The first-order chi connectivity index (χ1) is 34.5. The van der Waals surface area contributed by atoms with E-state index >= 15 is 0 Å². The number of nitrogens with zero attached hydrogens (tertiary/aromatic N) is 7. The number of imidazole rings is 1. The zero-order valence-electron chi connectivity index (χ0n) is 41.2. The van der Waals surface area contributed by atoms with Gasteiger partial charge in [-0.05, 0) is 168 Å². The van der Waals surface area contributed by atoms with Gasteiger partial charge in [0.1, 0.15) is 17.5 Å². The Bertz CT molecular complexity index is 3050. The molecule has 10 rings (SSSR count). The Morgan fingerprint density at radius 1 is 0.887 bits per heavy atom. The van der Waals surface area contributed by atoms with Crippen LogP contribution in [-0.2, 0) is 29.7 Å². The summed E-state index contributed by atoms with van der Waals surface area (Å²) in [5.74, 6) is 0.953. The number of nitrogens with two attached hydrogens (primary N) is 1. The highest BCUT2D eigenvalue weighted by atomic mass is 16.3. The summed E-state index contributed by atoms with van der Waals surface area (Å²) >= 11 is 0. The SMILES string of the molecule is C[C@@H](c1cc2c(-c3ccc(N)nc3)ccnc2n1C)N1CCC(c2ccc(C(=O)C=C3CCC(C/C4=C\CCN(Cc5ccc6c(c5)n(CCO)c(=O)n6C5CCC(=O)NC5=O)CCC4)CC3)cc2)CC1. The summed E-state index contributed by atoms with van der Waals surface area (Å²) in [5.41, 5.74) is 17.2. The third-order valence-corrected chi connectivity index (χ3v) is 16.0. The summed E-state index contributed by atoms with van der Waals surface area (Å²) in [6.07, 6.45) is 19.2. The molecule has 1 aliphatic carbocycles. The predicted molar refractivity (Wildman–Crippen MR) is 278 cm³/mol. The molecule has 71 heavy (non-hydrogen) atoms. The van der Waals surface area contributed by atoms with Crippen LogP contribution >= 0.6 is 0 Å². The van der Waals surface area contributed by atoms with Crippen molar-refractivity contribution in [2.45, 2.75) is 115 Å². The second-order valence-corrected chi connectivity index (χ2v) is 20.5. The van der Waals surface area contributed by atoms with Crippen LogP contribution < -0.4 is 16.7 Å². The molecule has 14 heteroatoms. The second kappa shape index (κ2) is 21.1. The molecule has 14 nitrogen and oxygen atoms in total. The first-order valence-corrected chi connectivity index (χ1v) is 25.8. The Balaban J connectivity index is 0.682. The Morgan fingerprint density at radius 3 is 2.44 bits per heavy atom. The molecule has 3 fully saturated rings. The Labute approximate surface area is 415 Å². The number of aromatic nitrogens is 5. The average molecular weight is 958 g/mol.